The molecular weight excluding hydrogens is 386 g/mol. The highest BCUT2D eigenvalue weighted by molar-refractivity contribution is 8.00. The molecule has 2 heterocycles. The molecule has 152 valence electrons. The van der Waals surface area contributed by atoms with E-state index in [1.165, 1.54) is 17.3 Å². The van der Waals surface area contributed by atoms with Crippen molar-refractivity contribution in [3.8, 4) is 5.75 Å². The third-order valence-corrected chi connectivity index (χ3v) is 6.56. The van der Waals surface area contributed by atoms with Crippen LogP contribution in [-0.4, -0.2) is 60.2 Å². The van der Waals surface area contributed by atoms with Crippen molar-refractivity contribution in [2.75, 3.05) is 38.6 Å². The van der Waals surface area contributed by atoms with E-state index in [0.717, 1.165) is 36.0 Å². The van der Waals surface area contributed by atoms with Gasteiger partial charge in [-0.1, -0.05) is 12.1 Å². The van der Waals surface area contributed by atoms with Crippen molar-refractivity contribution in [3.63, 3.8) is 0 Å². The smallest absolute Gasteiger partial charge is 0.254 e. The number of nitrogens with one attached hydrogen (secondary N) is 1. The van der Waals surface area contributed by atoms with Crippen LogP contribution in [0.3, 0.4) is 0 Å². The van der Waals surface area contributed by atoms with Crippen molar-refractivity contribution >= 4 is 29.3 Å². The zero-order valence-corrected chi connectivity index (χ0v) is 17.5. The molecule has 0 unspecified atom stereocenters. The van der Waals surface area contributed by atoms with Gasteiger partial charge in [-0.05, 0) is 42.8 Å². The van der Waals surface area contributed by atoms with Crippen molar-refractivity contribution in [1.82, 2.24) is 9.80 Å². The van der Waals surface area contributed by atoms with E-state index in [0.29, 0.717) is 18.7 Å². The second-order valence-electron chi connectivity index (χ2n) is 7.38. The molecule has 1 N–H and O–H groups in total. The first-order valence-corrected chi connectivity index (χ1v) is 10.7. The number of hydrogen-bond donors (Lipinski definition) is 1. The Labute approximate surface area is 175 Å². The van der Waals surface area contributed by atoms with Gasteiger partial charge in [0.2, 0.25) is 5.91 Å². The summed E-state index contributed by atoms with van der Waals surface area (Å²) in [5.74, 6) is 0.868. The van der Waals surface area contributed by atoms with Crippen LogP contribution in [0.25, 0.3) is 0 Å². The minimum atomic E-state index is -0.108. The van der Waals surface area contributed by atoms with Crippen LogP contribution in [0.4, 0.5) is 5.69 Å². The summed E-state index contributed by atoms with van der Waals surface area (Å²) in [5.41, 5.74) is 2.60. The van der Waals surface area contributed by atoms with Gasteiger partial charge in [0, 0.05) is 43.2 Å². The summed E-state index contributed by atoms with van der Waals surface area (Å²) >= 11 is 1.53. The van der Waals surface area contributed by atoms with Gasteiger partial charge >= 0.3 is 0 Å². The molecule has 1 atom stereocenters. The summed E-state index contributed by atoms with van der Waals surface area (Å²) in [7, 11) is 1.67. The maximum absolute atomic E-state index is 12.9. The summed E-state index contributed by atoms with van der Waals surface area (Å²) in [5, 5.41) is 2.79. The number of carbonyl (C=O) groups is 2. The highest BCUT2D eigenvalue weighted by Gasteiger charge is 2.26. The molecule has 0 aromatic heterocycles. The monoisotopic (exact) mass is 411 g/mol. The van der Waals surface area contributed by atoms with Crippen LogP contribution >= 0.6 is 11.8 Å². The summed E-state index contributed by atoms with van der Waals surface area (Å²) in [6.07, 6.45) is 0. The highest BCUT2D eigenvalue weighted by Crippen LogP contribution is 2.36. The lowest BCUT2D eigenvalue weighted by atomic mass is 10.1. The largest absolute Gasteiger partial charge is 0.497 e. The molecule has 2 aromatic rings. The van der Waals surface area contributed by atoms with Gasteiger partial charge in [-0.3, -0.25) is 14.5 Å². The zero-order valence-electron chi connectivity index (χ0n) is 16.7. The Bertz CT molecular complexity index is 908. The lowest BCUT2D eigenvalue weighted by Gasteiger charge is -2.35. The molecule has 7 heteroatoms. The van der Waals surface area contributed by atoms with Crippen LogP contribution in [-0.2, 0) is 11.3 Å². The molecule has 4 rings (SSSR count). The minimum Gasteiger partial charge on any atom is -0.497 e. The number of benzene rings is 2. The standard InChI is InChI=1S/C22H25N3O3S/c1-15-21(26)23-19-13-17(5-8-20(19)29-15)22(27)25-11-9-24(10-12-25)14-16-3-6-18(28-2)7-4-16/h3-8,13,15H,9-12,14H2,1-2H3,(H,23,26)/t15-/m1/s1. The van der Waals surface area contributed by atoms with Gasteiger partial charge in [-0.15, -0.1) is 11.8 Å². The lowest BCUT2D eigenvalue weighted by molar-refractivity contribution is -0.115. The number of fused-ring (bicyclic) bond motifs is 1. The number of amides is 2. The number of nitrogens with zero attached hydrogens (tertiary/aromatic N) is 2. The predicted octanol–water partition coefficient (Wildman–Crippen LogP) is 3.09. The fourth-order valence-corrected chi connectivity index (χ4v) is 4.55. The van der Waals surface area contributed by atoms with Crippen molar-refractivity contribution in [1.29, 1.82) is 0 Å². The molecule has 2 aromatic carbocycles. The topological polar surface area (TPSA) is 61.9 Å². The molecule has 1 fully saturated rings. The van der Waals surface area contributed by atoms with E-state index in [9.17, 15) is 9.59 Å². The first-order valence-electron chi connectivity index (χ1n) is 9.79. The Morgan fingerprint density at radius 1 is 1.14 bits per heavy atom. The second-order valence-corrected chi connectivity index (χ2v) is 8.76. The first kappa shape index (κ1) is 19.8. The Balaban J connectivity index is 1.35. The Hall–Kier alpha value is -2.51. The zero-order chi connectivity index (χ0) is 20.4. The van der Waals surface area contributed by atoms with Crippen LogP contribution in [0.1, 0.15) is 22.8 Å². The maximum Gasteiger partial charge on any atom is 0.254 e. The summed E-state index contributed by atoms with van der Waals surface area (Å²) in [4.78, 5) is 30.1. The molecule has 0 aliphatic carbocycles. The van der Waals surface area contributed by atoms with Crippen LogP contribution in [0.2, 0.25) is 0 Å². The van der Waals surface area contributed by atoms with E-state index in [-0.39, 0.29) is 17.1 Å². The van der Waals surface area contributed by atoms with Gasteiger partial charge in [0.15, 0.2) is 0 Å². The molecular formula is C22H25N3O3S. The number of methoxy groups -OCH3 is 1. The van der Waals surface area contributed by atoms with Crippen LogP contribution < -0.4 is 10.1 Å². The SMILES string of the molecule is COc1ccc(CN2CCN(C(=O)c3ccc4c(c3)NC(=O)[C@@H](C)S4)CC2)cc1. The third-order valence-electron chi connectivity index (χ3n) is 5.38. The maximum atomic E-state index is 12.9. The lowest BCUT2D eigenvalue weighted by Crippen LogP contribution is -2.48. The van der Waals surface area contributed by atoms with Gasteiger partial charge in [0.1, 0.15) is 5.75 Å². The molecule has 6 nitrogen and oxygen atoms in total. The average molecular weight is 412 g/mol. The Morgan fingerprint density at radius 2 is 1.86 bits per heavy atom. The highest BCUT2D eigenvalue weighted by atomic mass is 32.2. The number of carbonyl (C=O) groups excluding carboxylic acids is 2. The van der Waals surface area contributed by atoms with E-state index in [1.807, 2.05) is 36.1 Å². The van der Waals surface area contributed by atoms with E-state index < -0.39 is 0 Å². The number of thioether (sulfide) groups is 1. The van der Waals surface area contributed by atoms with E-state index in [4.69, 9.17) is 4.74 Å². The van der Waals surface area contributed by atoms with Crippen molar-refractivity contribution in [2.24, 2.45) is 0 Å². The molecule has 29 heavy (non-hydrogen) atoms. The van der Waals surface area contributed by atoms with E-state index in [2.05, 4.69) is 22.3 Å². The van der Waals surface area contributed by atoms with Crippen molar-refractivity contribution in [2.45, 2.75) is 23.6 Å². The normalized spacial score (nSPS) is 19.4. The van der Waals surface area contributed by atoms with Gasteiger partial charge in [0.05, 0.1) is 18.0 Å². The van der Waals surface area contributed by atoms with E-state index >= 15 is 0 Å². The molecule has 0 spiro atoms. The molecule has 2 aliphatic heterocycles. The Morgan fingerprint density at radius 3 is 2.55 bits per heavy atom. The van der Waals surface area contributed by atoms with Gasteiger partial charge in [-0.25, -0.2) is 0 Å². The number of ether oxygens (including phenoxy) is 1. The molecule has 2 aliphatic rings. The molecule has 0 saturated carbocycles. The van der Waals surface area contributed by atoms with E-state index in [1.54, 1.807) is 13.2 Å². The predicted molar refractivity (Wildman–Crippen MR) is 115 cm³/mol. The van der Waals surface area contributed by atoms with Crippen molar-refractivity contribution in [3.05, 3.63) is 53.6 Å². The number of anilines is 1. The van der Waals surface area contributed by atoms with Gasteiger partial charge < -0.3 is 15.0 Å². The number of piperazine rings is 1. The average Bonchev–Trinajstić information content (AvgIpc) is 2.75. The summed E-state index contributed by atoms with van der Waals surface area (Å²) in [6, 6.07) is 13.7. The quantitative estimate of drug-likeness (QED) is 0.838. The van der Waals surface area contributed by atoms with Crippen LogP contribution in [0.5, 0.6) is 5.75 Å². The fourth-order valence-electron chi connectivity index (χ4n) is 3.62. The number of rotatable bonds is 4. The molecule has 2 amide bonds. The third kappa shape index (κ3) is 4.41. The van der Waals surface area contributed by atoms with Gasteiger partial charge in [0.25, 0.3) is 5.91 Å². The first-order chi connectivity index (χ1) is 14.0. The fraction of sp³-hybridized carbons (Fsp3) is 0.364. The summed E-state index contributed by atoms with van der Waals surface area (Å²) < 4.78 is 5.21. The molecule has 0 bridgehead atoms. The minimum absolute atomic E-state index is 0.0146. The number of hydrogen-bond acceptors (Lipinski definition) is 5. The molecule has 1 saturated heterocycles. The van der Waals surface area contributed by atoms with Crippen molar-refractivity contribution < 1.29 is 14.3 Å². The second kappa shape index (κ2) is 8.47. The Kier molecular flexibility index (Phi) is 5.78. The van der Waals surface area contributed by atoms with Gasteiger partial charge in [-0.2, -0.15) is 0 Å². The molecule has 0 radical (unpaired) electrons. The van der Waals surface area contributed by atoms with Crippen LogP contribution in [0.15, 0.2) is 47.4 Å². The van der Waals surface area contributed by atoms with Crippen LogP contribution in [0, 0.1) is 0 Å². The summed E-state index contributed by atoms with van der Waals surface area (Å²) in [6.45, 7) is 5.83.